The molecule has 6 rings (SSSR count). The predicted molar refractivity (Wildman–Crippen MR) is 128 cm³/mol. The third kappa shape index (κ3) is 3.74. The highest BCUT2D eigenvalue weighted by atomic mass is 35.5. The maximum Gasteiger partial charge on any atom is 0.228 e. The molecular formula is C23H27ClN6O2S. The van der Waals surface area contributed by atoms with Gasteiger partial charge in [-0.2, -0.15) is 4.98 Å². The summed E-state index contributed by atoms with van der Waals surface area (Å²) in [6, 6.07) is 0.443. The molecule has 2 aromatic rings. The summed E-state index contributed by atoms with van der Waals surface area (Å²) in [5, 5.41) is 14.0. The minimum Gasteiger partial charge on any atom is -0.394 e. The van der Waals surface area contributed by atoms with E-state index >= 15 is 0 Å². The van der Waals surface area contributed by atoms with E-state index in [-0.39, 0.29) is 24.2 Å². The molecule has 2 N–H and O–H groups in total. The molecule has 0 spiro atoms. The van der Waals surface area contributed by atoms with Crippen LogP contribution in [0.15, 0.2) is 23.4 Å². The van der Waals surface area contributed by atoms with Gasteiger partial charge in [0.15, 0.2) is 5.82 Å². The number of hydrogen-bond acceptors (Lipinski definition) is 8. The van der Waals surface area contributed by atoms with Crippen molar-refractivity contribution in [3.05, 3.63) is 35.0 Å². The molecule has 3 aliphatic heterocycles. The molecule has 0 amide bonds. The molecule has 10 heteroatoms. The molecule has 2 unspecified atom stereocenters. The number of fused-ring (bicyclic) bond motifs is 3. The SMILES string of the molecule is O=[S@@]1CCCc2nc(N3C4C=C(c5ncc(Cl)cn5)CC3CC4)nc(NC3(CO)CCC3)c21. The van der Waals surface area contributed by atoms with Gasteiger partial charge in [-0.05, 0) is 56.9 Å². The maximum atomic E-state index is 12.9. The standard InChI is InChI=1S/C23H27ClN6O2S/c24-15-11-25-20(26-12-15)14-9-16-4-5-17(10-14)30(16)22-27-18-3-1-8-33(32)19(18)21(28-22)29-23(13-31)6-2-7-23/h9,11-12,16-17,31H,1-8,10,13H2,(H,27,28,29)/t16?,17?,33-/m1/s1. The number of aliphatic hydroxyl groups excluding tert-OH is 1. The Labute approximate surface area is 200 Å². The minimum absolute atomic E-state index is 0.0515. The van der Waals surface area contributed by atoms with Crippen LogP contribution in [0.4, 0.5) is 11.8 Å². The largest absolute Gasteiger partial charge is 0.394 e. The van der Waals surface area contributed by atoms with Gasteiger partial charge in [-0.25, -0.2) is 15.0 Å². The fraction of sp³-hybridized carbons (Fsp3) is 0.565. The molecule has 5 heterocycles. The maximum absolute atomic E-state index is 12.9. The topological polar surface area (TPSA) is 104 Å². The molecule has 33 heavy (non-hydrogen) atoms. The molecular weight excluding hydrogens is 460 g/mol. The number of aliphatic hydroxyl groups is 1. The van der Waals surface area contributed by atoms with E-state index in [2.05, 4.69) is 26.3 Å². The fourth-order valence-corrected chi connectivity index (χ4v) is 6.96. The van der Waals surface area contributed by atoms with E-state index in [1.54, 1.807) is 12.4 Å². The number of halogens is 1. The van der Waals surface area contributed by atoms with E-state index in [4.69, 9.17) is 21.6 Å². The van der Waals surface area contributed by atoms with Crippen LogP contribution in [0.2, 0.25) is 5.02 Å². The molecule has 2 bridgehead atoms. The van der Waals surface area contributed by atoms with Gasteiger partial charge in [-0.15, -0.1) is 0 Å². The average Bonchev–Trinajstić information content (AvgIpc) is 3.06. The summed E-state index contributed by atoms with van der Waals surface area (Å²) >= 11 is 5.96. The van der Waals surface area contributed by atoms with Crippen LogP contribution in [0, 0.1) is 0 Å². The van der Waals surface area contributed by atoms with Crippen molar-refractivity contribution in [2.24, 2.45) is 0 Å². The normalized spacial score (nSPS) is 27.5. The Kier molecular flexibility index (Phi) is 5.38. The lowest BCUT2D eigenvalue weighted by molar-refractivity contribution is 0.143. The molecule has 1 saturated heterocycles. The second-order valence-corrected chi connectivity index (χ2v) is 11.5. The van der Waals surface area contributed by atoms with Gasteiger partial charge in [-0.1, -0.05) is 17.7 Å². The zero-order valence-electron chi connectivity index (χ0n) is 18.3. The van der Waals surface area contributed by atoms with E-state index in [0.29, 0.717) is 22.5 Å². The summed E-state index contributed by atoms with van der Waals surface area (Å²) in [5.41, 5.74) is 1.66. The quantitative estimate of drug-likeness (QED) is 0.664. The van der Waals surface area contributed by atoms with Crippen LogP contribution >= 0.6 is 11.6 Å². The van der Waals surface area contributed by atoms with Crippen LogP contribution in [0.3, 0.4) is 0 Å². The van der Waals surface area contributed by atoms with Gasteiger partial charge in [0.05, 0.1) is 39.7 Å². The van der Waals surface area contributed by atoms with Crippen molar-refractivity contribution in [1.82, 2.24) is 19.9 Å². The third-order valence-corrected chi connectivity index (χ3v) is 9.16. The summed E-state index contributed by atoms with van der Waals surface area (Å²) in [5.74, 6) is 2.72. The average molecular weight is 487 g/mol. The number of aromatic nitrogens is 4. The molecule has 2 fully saturated rings. The molecule has 0 radical (unpaired) electrons. The molecule has 4 aliphatic rings. The predicted octanol–water partition coefficient (Wildman–Crippen LogP) is 3.13. The molecule has 174 valence electrons. The lowest BCUT2D eigenvalue weighted by Crippen LogP contribution is -2.49. The van der Waals surface area contributed by atoms with Crippen LogP contribution in [-0.4, -0.2) is 59.2 Å². The van der Waals surface area contributed by atoms with E-state index in [9.17, 15) is 9.32 Å². The molecule has 3 atom stereocenters. The molecule has 1 saturated carbocycles. The van der Waals surface area contributed by atoms with Crippen molar-refractivity contribution < 1.29 is 9.32 Å². The van der Waals surface area contributed by atoms with Gasteiger partial charge in [-0.3, -0.25) is 4.21 Å². The van der Waals surface area contributed by atoms with E-state index in [1.807, 2.05) is 0 Å². The summed E-state index contributed by atoms with van der Waals surface area (Å²) in [6.07, 6.45) is 13.0. The molecule has 2 aromatic heterocycles. The van der Waals surface area contributed by atoms with Gasteiger partial charge in [0, 0.05) is 24.2 Å². The van der Waals surface area contributed by atoms with Crippen molar-refractivity contribution in [2.45, 2.75) is 73.9 Å². The van der Waals surface area contributed by atoms with Crippen molar-refractivity contribution in [3.63, 3.8) is 0 Å². The zero-order valence-corrected chi connectivity index (χ0v) is 19.9. The third-order valence-electron chi connectivity index (χ3n) is 7.43. The summed E-state index contributed by atoms with van der Waals surface area (Å²) < 4.78 is 12.9. The highest BCUT2D eigenvalue weighted by Crippen LogP contribution is 2.42. The Bertz CT molecular complexity index is 1130. The van der Waals surface area contributed by atoms with E-state index in [1.165, 1.54) is 0 Å². The number of rotatable bonds is 5. The van der Waals surface area contributed by atoms with Crippen LogP contribution in [0.5, 0.6) is 0 Å². The zero-order chi connectivity index (χ0) is 22.6. The molecule has 0 aromatic carbocycles. The lowest BCUT2D eigenvalue weighted by Gasteiger charge is -2.42. The smallest absolute Gasteiger partial charge is 0.228 e. The number of aryl methyl sites for hydroxylation is 1. The Morgan fingerprint density at radius 3 is 2.73 bits per heavy atom. The Morgan fingerprint density at radius 2 is 2.03 bits per heavy atom. The first kappa shape index (κ1) is 21.4. The van der Waals surface area contributed by atoms with Gasteiger partial charge in [0.1, 0.15) is 10.7 Å². The van der Waals surface area contributed by atoms with Crippen LogP contribution in [0.25, 0.3) is 5.57 Å². The van der Waals surface area contributed by atoms with Crippen molar-refractivity contribution in [2.75, 3.05) is 22.6 Å². The first-order valence-electron chi connectivity index (χ1n) is 11.7. The fourth-order valence-electron chi connectivity index (χ4n) is 5.53. The van der Waals surface area contributed by atoms with E-state index in [0.717, 1.165) is 73.4 Å². The van der Waals surface area contributed by atoms with Crippen LogP contribution in [0.1, 0.15) is 56.5 Å². The summed E-state index contributed by atoms with van der Waals surface area (Å²) in [6.45, 7) is 0.0515. The first-order chi connectivity index (χ1) is 16.0. The number of nitrogens with one attached hydrogen (secondary N) is 1. The van der Waals surface area contributed by atoms with Crippen molar-refractivity contribution >= 4 is 39.7 Å². The van der Waals surface area contributed by atoms with Crippen LogP contribution < -0.4 is 10.2 Å². The Balaban J connectivity index is 1.37. The molecule has 8 nitrogen and oxygen atoms in total. The number of hydrogen-bond donors (Lipinski definition) is 2. The summed E-state index contributed by atoms with van der Waals surface area (Å²) in [7, 11) is -1.12. The summed E-state index contributed by atoms with van der Waals surface area (Å²) in [4.78, 5) is 21.8. The van der Waals surface area contributed by atoms with Crippen LogP contribution in [-0.2, 0) is 17.2 Å². The first-order valence-corrected chi connectivity index (χ1v) is 13.4. The molecule has 1 aliphatic carbocycles. The van der Waals surface area contributed by atoms with Gasteiger partial charge < -0.3 is 15.3 Å². The van der Waals surface area contributed by atoms with Crippen molar-refractivity contribution in [3.8, 4) is 0 Å². The van der Waals surface area contributed by atoms with Gasteiger partial charge in [0.2, 0.25) is 5.95 Å². The van der Waals surface area contributed by atoms with E-state index < -0.39 is 10.8 Å². The number of anilines is 2. The highest BCUT2D eigenvalue weighted by Gasteiger charge is 2.42. The van der Waals surface area contributed by atoms with Gasteiger partial charge >= 0.3 is 0 Å². The Morgan fingerprint density at radius 1 is 1.21 bits per heavy atom. The highest BCUT2D eigenvalue weighted by molar-refractivity contribution is 7.85. The minimum atomic E-state index is -1.12. The lowest BCUT2D eigenvalue weighted by atomic mass is 9.77. The Hall–Kier alpha value is -2.10. The number of nitrogens with zero attached hydrogens (tertiary/aromatic N) is 5. The second kappa shape index (κ2) is 8.29. The monoisotopic (exact) mass is 486 g/mol. The second-order valence-electron chi connectivity index (χ2n) is 9.54. The van der Waals surface area contributed by atoms with Gasteiger partial charge in [0.25, 0.3) is 0 Å². The van der Waals surface area contributed by atoms with Crippen molar-refractivity contribution in [1.29, 1.82) is 0 Å².